The van der Waals surface area contributed by atoms with Gasteiger partial charge in [0, 0.05) is 0 Å². The molecular formula is C8H5Cl2F6P. The molecule has 0 atom stereocenters. The van der Waals surface area contributed by atoms with E-state index in [1.54, 1.807) is 0 Å². The Morgan fingerprint density at radius 3 is 1.41 bits per heavy atom. The van der Waals surface area contributed by atoms with Crippen molar-refractivity contribution in [1.29, 1.82) is 0 Å². The molecule has 0 aliphatic carbocycles. The van der Waals surface area contributed by atoms with Gasteiger partial charge in [-0.1, -0.05) is 0 Å². The van der Waals surface area contributed by atoms with Crippen molar-refractivity contribution in [3.63, 3.8) is 0 Å². The molecule has 17 heavy (non-hydrogen) atoms. The zero-order valence-corrected chi connectivity index (χ0v) is 10.3. The number of hydrogen-bond acceptors (Lipinski definition) is 0. The van der Waals surface area contributed by atoms with Gasteiger partial charge in [0.2, 0.25) is 0 Å². The van der Waals surface area contributed by atoms with E-state index in [-0.39, 0.29) is 0 Å². The van der Waals surface area contributed by atoms with Gasteiger partial charge >= 0.3 is 102 Å². The molecule has 0 bridgehead atoms. The van der Waals surface area contributed by atoms with Crippen LogP contribution >= 0.6 is 27.8 Å². The topological polar surface area (TPSA) is 0 Å². The second kappa shape index (κ2) is 3.90. The summed E-state index contributed by atoms with van der Waals surface area (Å²) in [6.07, 6.45) is 0. The van der Waals surface area contributed by atoms with E-state index in [0.717, 1.165) is 12.1 Å². The van der Waals surface area contributed by atoms with Gasteiger partial charge in [-0.3, -0.25) is 0 Å². The van der Waals surface area contributed by atoms with E-state index in [9.17, 15) is 26.3 Å². The molecule has 0 saturated heterocycles. The van der Waals surface area contributed by atoms with Gasteiger partial charge in [0.15, 0.2) is 0 Å². The summed E-state index contributed by atoms with van der Waals surface area (Å²) in [7, 11) is 0. The predicted octanol–water partition coefficient (Wildman–Crippen LogP) is 5.21. The monoisotopic (exact) mass is 316 g/mol. The average molecular weight is 317 g/mol. The van der Waals surface area contributed by atoms with Crippen molar-refractivity contribution < 1.29 is 26.3 Å². The van der Waals surface area contributed by atoms with Crippen molar-refractivity contribution in [3.05, 3.63) is 30.3 Å². The van der Waals surface area contributed by atoms with Crippen molar-refractivity contribution in [2.24, 2.45) is 0 Å². The number of rotatable bonds is 1. The molecule has 0 aromatic heterocycles. The Morgan fingerprint density at radius 2 is 1.12 bits per heavy atom. The zero-order valence-electron chi connectivity index (χ0n) is 7.86. The van der Waals surface area contributed by atoms with Gasteiger partial charge in [0.1, 0.15) is 0 Å². The molecule has 0 aliphatic rings. The van der Waals surface area contributed by atoms with E-state index < -0.39 is 22.4 Å². The predicted molar refractivity (Wildman–Crippen MR) is 56.8 cm³/mol. The fourth-order valence-electron chi connectivity index (χ4n) is 1.13. The van der Waals surface area contributed by atoms with Gasteiger partial charge < -0.3 is 0 Å². The Hall–Kier alpha value is -0.190. The first kappa shape index (κ1) is 14.9. The summed E-state index contributed by atoms with van der Waals surface area (Å²) in [6, 6.07) is 4.54. The molecule has 0 heterocycles. The van der Waals surface area contributed by atoms with Crippen molar-refractivity contribution in [1.82, 2.24) is 0 Å². The molecule has 0 spiro atoms. The second-order valence-electron chi connectivity index (χ2n) is 3.18. The molecule has 98 valence electrons. The van der Waals surface area contributed by atoms with Crippen molar-refractivity contribution in [2.75, 3.05) is 0 Å². The van der Waals surface area contributed by atoms with Crippen LogP contribution in [0.1, 0.15) is 0 Å². The summed E-state index contributed by atoms with van der Waals surface area (Å²) in [5.41, 5.74) is 0. The SMILES string of the molecule is FC(F)(F)P(Cl)(Cl)(c1ccccc1)C(F)(F)F. The molecule has 0 fully saturated rings. The zero-order chi connectivity index (χ0) is 13.6. The van der Waals surface area contributed by atoms with Crippen molar-refractivity contribution in [3.8, 4) is 0 Å². The van der Waals surface area contributed by atoms with Crippen molar-refractivity contribution in [2.45, 2.75) is 11.8 Å². The fraction of sp³-hybridized carbons (Fsp3) is 0.250. The third-order valence-corrected chi connectivity index (χ3v) is 8.56. The Bertz CT molecular complexity index is 392. The molecule has 9 heteroatoms. The molecule has 1 aromatic rings. The van der Waals surface area contributed by atoms with E-state index in [0.29, 0.717) is 12.1 Å². The molecule has 1 aromatic carbocycles. The second-order valence-corrected chi connectivity index (χ2v) is 11.1. The van der Waals surface area contributed by atoms with Crippen LogP contribution in [0, 0.1) is 0 Å². The first-order valence-electron chi connectivity index (χ1n) is 4.05. The average Bonchev–Trinajstić information content (AvgIpc) is 2.15. The minimum absolute atomic E-state index is 0.624. The molecular weight excluding hydrogens is 312 g/mol. The summed E-state index contributed by atoms with van der Waals surface area (Å²) < 4.78 is 76.5. The molecule has 0 radical (unpaired) electrons. The molecule has 0 unspecified atom stereocenters. The van der Waals surface area contributed by atoms with Crippen LogP contribution in [-0.2, 0) is 0 Å². The first-order chi connectivity index (χ1) is 7.42. The summed E-state index contributed by atoms with van der Waals surface area (Å²) in [5, 5.41) is -8.24. The van der Waals surface area contributed by atoms with E-state index in [1.165, 1.54) is 6.07 Å². The Morgan fingerprint density at radius 1 is 0.765 bits per heavy atom. The third kappa shape index (κ3) is 1.90. The van der Waals surface area contributed by atoms with Gasteiger partial charge in [-0.15, -0.1) is 0 Å². The van der Waals surface area contributed by atoms with E-state index in [1.807, 2.05) is 0 Å². The van der Waals surface area contributed by atoms with Crippen LogP contribution in [0.4, 0.5) is 26.3 Å². The minimum atomic E-state index is -7.08. The van der Waals surface area contributed by atoms with Gasteiger partial charge in [-0.05, 0) is 0 Å². The van der Waals surface area contributed by atoms with E-state index in [2.05, 4.69) is 0 Å². The van der Waals surface area contributed by atoms with Crippen LogP contribution in [0.15, 0.2) is 30.3 Å². The normalized spacial score (nSPS) is 16.4. The summed E-state index contributed by atoms with van der Waals surface area (Å²) in [6.45, 7) is 0. The quantitative estimate of drug-likeness (QED) is 0.492. The van der Waals surface area contributed by atoms with E-state index >= 15 is 0 Å². The number of hydrogen-bond donors (Lipinski definition) is 0. The maximum absolute atomic E-state index is 12.7. The molecule has 0 saturated carbocycles. The van der Waals surface area contributed by atoms with Gasteiger partial charge in [-0.2, -0.15) is 0 Å². The maximum atomic E-state index is 12.7. The van der Waals surface area contributed by atoms with Crippen LogP contribution in [0.5, 0.6) is 0 Å². The van der Waals surface area contributed by atoms with Gasteiger partial charge in [0.05, 0.1) is 0 Å². The number of halogens is 8. The summed E-state index contributed by atoms with van der Waals surface area (Å²) in [4.78, 5) is 0. The van der Waals surface area contributed by atoms with Crippen LogP contribution in [0.25, 0.3) is 0 Å². The molecule has 0 nitrogen and oxygen atoms in total. The fourth-order valence-corrected chi connectivity index (χ4v) is 3.37. The summed E-state index contributed by atoms with van der Waals surface area (Å²) >= 11 is 9.84. The van der Waals surface area contributed by atoms with Crippen LogP contribution < -0.4 is 5.30 Å². The third-order valence-electron chi connectivity index (χ3n) is 2.10. The first-order valence-corrected chi connectivity index (χ1v) is 8.10. The number of alkyl halides is 6. The standard InChI is InChI=1S/C8H5Cl2F6P/c9-17(10,7(11,12)13,8(14,15)16)6-4-2-1-3-5-6/h1-5H. The van der Waals surface area contributed by atoms with Crippen LogP contribution in [-0.4, -0.2) is 11.8 Å². The molecule has 0 aliphatic heterocycles. The Labute approximate surface area is 102 Å². The Kier molecular flexibility index (Phi) is 3.41. The molecule has 0 N–H and O–H groups in total. The van der Waals surface area contributed by atoms with Crippen LogP contribution in [0.3, 0.4) is 0 Å². The summed E-state index contributed by atoms with van der Waals surface area (Å²) in [5.74, 6) is -11.6. The van der Waals surface area contributed by atoms with E-state index in [4.69, 9.17) is 22.5 Å². The van der Waals surface area contributed by atoms with Gasteiger partial charge in [0.25, 0.3) is 0 Å². The molecule has 1 rings (SSSR count). The van der Waals surface area contributed by atoms with Crippen LogP contribution in [0.2, 0.25) is 0 Å². The Balaban J connectivity index is 3.65. The molecule has 0 amide bonds. The van der Waals surface area contributed by atoms with Crippen molar-refractivity contribution >= 4 is 33.1 Å². The number of benzene rings is 1. The van der Waals surface area contributed by atoms with Gasteiger partial charge in [-0.25, -0.2) is 0 Å².